The largest absolute Gasteiger partial charge is 0.485 e. The van der Waals surface area contributed by atoms with Crippen LogP contribution in [0.1, 0.15) is 40.5 Å². The third-order valence-electron chi connectivity index (χ3n) is 4.59. The molecule has 28 heavy (non-hydrogen) atoms. The highest BCUT2D eigenvalue weighted by Gasteiger charge is 2.21. The van der Waals surface area contributed by atoms with Crippen LogP contribution in [0.3, 0.4) is 0 Å². The molecule has 1 atom stereocenters. The number of rotatable bonds is 8. The highest BCUT2D eigenvalue weighted by molar-refractivity contribution is 6.03. The van der Waals surface area contributed by atoms with Crippen LogP contribution in [0, 0.1) is 0 Å². The van der Waals surface area contributed by atoms with E-state index in [4.69, 9.17) is 9.47 Å². The molecule has 0 aliphatic carbocycles. The number of Topliss-reactive ketones (excluding diaryl/α,β-unsaturated/α-hetero) is 2. The zero-order valence-corrected chi connectivity index (χ0v) is 16.3. The average molecular weight is 381 g/mol. The van der Waals surface area contributed by atoms with Crippen molar-refractivity contribution in [2.75, 3.05) is 20.7 Å². The minimum Gasteiger partial charge on any atom is -0.485 e. The minimum atomic E-state index is -0.186. The monoisotopic (exact) mass is 381 g/mol. The predicted molar refractivity (Wildman–Crippen MR) is 110 cm³/mol. The second-order valence-corrected chi connectivity index (χ2v) is 7.11. The lowest BCUT2D eigenvalue weighted by molar-refractivity contribution is 0.0915. The van der Waals surface area contributed by atoms with Gasteiger partial charge in [0, 0.05) is 31.9 Å². The Morgan fingerprint density at radius 1 is 1.14 bits per heavy atom. The molecule has 0 spiro atoms. The number of fused-ring (bicyclic) bond motifs is 1. The second-order valence-electron chi connectivity index (χ2n) is 7.11. The second kappa shape index (κ2) is 8.85. The zero-order chi connectivity index (χ0) is 20.1. The van der Waals surface area contributed by atoms with E-state index in [1.54, 1.807) is 24.3 Å². The van der Waals surface area contributed by atoms with Crippen LogP contribution >= 0.6 is 0 Å². The molecule has 5 nitrogen and oxygen atoms in total. The highest BCUT2D eigenvalue weighted by atomic mass is 16.6. The lowest BCUT2D eigenvalue weighted by Gasteiger charge is -2.24. The van der Waals surface area contributed by atoms with Crippen LogP contribution in [0.25, 0.3) is 0 Å². The van der Waals surface area contributed by atoms with Crippen molar-refractivity contribution in [1.82, 2.24) is 4.90 Å². The summed E-state index contributed by atoms with van der Waals surface area (Å²) in [5.74, 6) is 1.04. The maximum Gasteiger partial charge on any atom is 0.163 e. The van der Waals surface area contributed by atoms with Gasteiger partial charge in [0.25, 0.3) is 0 Å². The molecule has 2 aromatic rings. The number of hydrogen-bond donors (Lipinski definition) is 0. The number of nitrogens with zero attached hydrogens (tertiary/aromatic N) is 1. The first-order valence-corrected chi connectivity index (χ1v) is 9.33. The Morgan fingerprint density at radius 2 is 1.89 bits per heavy atom. The van der Waals surface area contributed by atoms with Crippen LogP contribution < -0.4 is 9.47 Å². The summed E-state index contributed by atoms with van der Waals surface area (Å²) in [5.41, 5.74) is 2.18. The van der Waals surface area contributed by atoms with Crippen LogP contribution in [-0.2, 0) is 6.54 Å². The van der Waals surface area contributed by atoms with Gasteiger partial charge in [-0.05, 0) is 43.9 Å². The van der Waals surface area contributed by atoms with Gasteiger partial charge in [0.15, 0.2) is 29.2 Å². The van der Waals surface area contributed by atoms with Crippen LogP contribution in [0.15, 0.2) is 55.1 Å². The smallest absolute Gasteiger partial charge is 0.163 e. The van der Waals surface area contributed by atoms with Crippen LogP contribution in [0.4, 0.5) is 0 Å². The fourth-order valence-corrected chi connectivity index (χ4v) is 3.15. The van der Waals surface area contributed by atoms with Gasteiger partial charge in [-0.25, -0.2) is 0 Å². The van der Waals surface area contributed by atoms with Crippen molar-refractivity contribution in [3.8, 4) is 11.5 Å². The SMILES string of the molecule is C=CC1COc2cc(C(=O)CCC(=O)c3ccccc3CN(C)C)ccc2O1.[HH]. The Hall–Kier alpha value is -2.92. The molecule has 2 aromatic carbocycles. The minimum absolute atomic E-state index is 0. The van der Waals surface area contributed by atoms with Crippen molar-refractivity contribution in [3.63, 3.8) is 0 Å². The van der Waals surface area contributed by atoms with Crippen molar-refractivity contribution in [1.29, 1.82) is 0 Å². The van der Waals surface area contributed by atoms with Gasteiger partial charge in [-0.15, -0.1) is 0 Å². The van der Waals surface area contributed by atoms with E-state index in [9.17, 15) is 9.59 Å². The Balaban J connectivity index is 0.00000300. The van der Waals surface area contributed by atoms with Gasteiger partial charge in [-0.1, -0.05) is 30.8 Å². The molecular weight excluding hydrogens is 354 g/mol. The first-order valence-electron chi connectivity index (χ1n) is 9.33. The van der Waals surface area contributed by atoms with Gasteiger partial charge >= 0.3 is 0 Å². The lowest BCUT2D eigenvalue weighted by Crippen LogP contribution is -2.26. The molecule has 5 heteroatoms. The van der Waals surface area contributed by atoms with E-state index in [0.29, 0.717) is 35.8 Å². The fraction of sp³-hybridized carbons (Fsp3) is 0.304. The van der Waals surface area contributed by atoms with Gasteiger partial charge in [0.2, 0.25) is 0 Å². The molecule has 1 unspecified atom stereocenters. The Labute approximate surface area is 167 Å². The standard InChI is InChI=1S/C23H25NO4.H2/c1-4-18-15-27-23-13-16(9-12-22(23)28-18)20(25)10-11-21(26)19-8-6-5-7-17(19)14-24(2)3;/h4-9,12-13,18H,1,10-11,14-15H2,2-3H3;1H. The van der Waals surface area contributed by atoms with Crippen molar-refractivity contribution < 1.29 is 20.5 Å². The van der Waals surface area contributed by atoms with Crippen LogP contribution in [0.2, 0.25) is 0 Å². The normalized spacial score (nSPS) is 15.3. The van der Waals surface area contributed by atoms with Crippen molar-refractivity contribution in [2.24, 2.45) is 0 Å². The predicted octanol–water partition coefficient (Wildman–Crippen LogP) is 4.17. The van der Waals surface area contributed by atoms with E-state index in [1.165, 1.54) is 0 Å². The van der Waals surface area contributed by atoms with Gasteiger partial charge in [0.05, 0.1) is 0 Å². The molecule has 148 valence electrons. The molecule has 1 heterocycles. The quantitative estimate of drug-likeness (QED) is 0.507. The molecule has 0 fully saturated rings. The maximum atomic E-state index is 12.7. The van der Waals surface area contributed by atoms with E-state index >= 15 is 0 Å². The maximum absolute atomic E-state index is 12.7. The van der Waals surface area contributed by atoms with E-state index in [1.807, 2.05) is 43.3 Å². The number of carbonyl (C=O) groups excluding carboxylic acids is 2. The summed E-state index contributed by atoms with van der Waals surface area (Å²) in [6.07, 6.45) is 1.83. The topological polar surface area (TPSA) is 55.8 Å². The summed E-state index contributed by atoms with van der Waals surface area (Å²) in [7, 11) is 3.92. The number of benzene rings is 2. The number of ether oxygens (including phenoxy) is 2. The van der Waals surface area contributed by atoms with Crippen LogP contribution in [-0.4, -0.2) is 43.3 Å². The molecule has 0 radical (unpaired) electrons. The van der Waals surface area contributed by atoms with E-state index < -0.39 is 0 Å². The van der Waals surface area contributed by atoms with E-state index in [-0.39, 0.29) is 31.9 Å². The van der Waals surface area contributed by atoms with Gasteiger partial charge in [0.1, 0.15) is 6.61 Å². The Kier molecular flexibility index (Phi) is 6.26. The number of ketones is 2. The molecule has 1 aliphatic heterocycles. The Morgan fingerprint density at radius 3 is 2.64 bits per heavy atom. The highest BCUT2D eigenvalue weighted by Crippen LogP contribution is 2.33. The third-order valence-corrected chi connectivity index (χ3v) is 4.59. The lowest BCUT2D eigenvalue weighted by atomic mass is 9.97. The average Bonchev–Trinajstić information content (AvgIpc) is 2.70. The molecule has 3 rings (SSSR count). The molecule has 0 aromatic heterocycles. The summed E-state index contributed by atoms with van der Waals surface area (Å²) in [4.78, 5) is 27.3. The number of hydrogen-bond acceptors (Lipinski definition) is 5. The van der Waals surface area contributed by atoms with E-state index in [2.05, 4.69) is 6.58 Å². The summed E-state index contributed by atoms with van der Waals surface area (Å²) in [6.45, 7) is 4.75. The summed E-state index contributed by atoms with van der Waals surface area (Å²) < 4.78 is 11.3. The molecule has 0 saturated carbocycles. The Bertz CT molecular complexity index is 894. The van der Waals surface area contributed by atoms with E-state index in [0.717, 1.165) is 5.56 Å². The molecule has 0 amide bonds. The van der Waals surface area contributed by atoms with Gasteiger partial charge in [-0.2, -0.15) is 0 Å². The first-order chi connectivity index (χ1) is 13.5. The summed E-state index contributed by atoms with van der Waals surface area (Å²) in [5, 5.41) is 0. The van der Waals surface area contributed by atoms with Crippen LogP contribution in [0.5, 0.6) is 11.5 Å². The molecule has 0 N–H and O–H groups in total. The number of carbonyl (C=O) groups is 2. The van der Waals surface area contributed by atoms with Crippen molar-refractivity contribution in [2.45, 2.75) is 25.5 Å². The molecular formula is C23H27NO4. The van der Waals surface area contributed by atoms with Crippen molar-refractivity contribution in [3.05, 3.63) is 71.8 Å². The third kappa shape index (κ3) is 4.67. The molecule has 0 saturated heterocycles. The summed E-state index contributed by atoms with van der Waals surface area (Å²) in [6, 6.07) is 12.7. The first kappa shape index (κ1) is 19.8. The van der Waals surface area contributed by atoms with Crippen molar-refractivity contribution >= 4 is 11.6 Å². The molecule has 0 bridgehead atoms. The fourth-order valence-electron chi connectivity index (χ4n) is 3.15. The van der Waals surface area contributed by atoms with Gasteiger partial charge in [-0.3, -0.25) is 9.59 Å². The zero-order valence-electron chi connectivity index (χ0n) is 16.3. The summed E-state index contributed by atoms with van der Waals surface area (Å²) >= 11 is 0. The van der Waals surface area contributed by atoms with Gasteiger partial charge < -0.3 is 14.4 Å². The molecule has 1 aliphatic rings.